The van der Waals surface area contributed by atoms with E-state index in [1.165, 1.54) is 23.5 Å². The minimum Gasteiger partial charge on any atom is -0.378 e. The van der Waals surface area contributed by atoms with Gasteiger partial charge >= 0.3 is 0 Å². The third-order valence-corrected chi connectivity index (χ3v) is 10.6. The van der Waals surface area contributed by atoms with Crippen molar-refractivity contribution in [1.82, 2.24) is 46.8 Å². The molecule has 62 heavy (non-hydrogen) atoms. The van der Waals surface area contributed by atoms with Crippen molar-refractivity contribution >= 4 is 41.4 Å². The van der Waals surface area contributed by atoms with Crippen molar-refractivity contribution in [2.75, 3.05) is 52.5 Å². The molecule has 2 bridgehead atoms. The molecule has 2 aromatic carbocycles. The summed E-state index contributed by atoms with van der Waals surface area (Å²) in [6.07, 6.45) is 8.01. The molecule has 0 radical (unpaired) electrons. The average Bonchev–Trinajstić information content (AvgIpc) is 3.28. The Morgan fingerprint density at radius 3 is 2.47 bits per heavy atom. The zero-order valence-electron chi connectivity index (χ0n) is 34.7. The molecule has 1 fully saturated rings. The Hall–Kier alpha value is -6.53. The number of benzene rings is 2. The van der Waals surface area contributed by atoms with Gasteiger partial charge in [-0.1, -0.05) is 54.6 Å². The first-order valence-corrected chi connectivity index (χ1v) is 20.9. The Kier molecular flexibility index (Phi) is 18.1. The number of fused-ring (bicyclic) bond motifs is 3. The van der Waals surface area contributed by atoms with E-state index in [1.54, 1.807) is 24.3 Å². The minimum absolute atomic E-state index is 0.00134. The molecular formula is C44H56N10O8. The highest BCUT2D eigenvalue weighted by atomic mass is 16.5. The number of hydrogen-bond acceptors (Lipinski definition) is 11. The lowest BCUT2D eigenvalue weighted by Gasteiger charge is -2.42. The van der Waals surface area contributed by atoms with Crippen molar-refractivity contribution in [2.45, 2.75) is 63.6 Å². The number of ether oxygens (including phenoxy) is 1. The third kappa shape index (κ3) is 14.3. The van der Waals surface area contributed by atoms with Crippen LogP contribution in [0.15, 0.2) is 85.3 Å². The van der Waals surface area contributed by atoms with Gasteiger partial charge in [-0.3, -0.25) is 38.5 Å². The van der Waals surface area contributed by atoms with Crippen LogP contribution in [0.1, 0.15) is 59.3 Å². The van der Waals surface area contributed by atoms with Crippen molar-refractivity contribution in [3.8, 4) is 0 Å². The van der Waals surface area contributed by atoms with E-state index in [0.717, 1.165) is 17.7 Å². The SMILES string of the molecule is NCCOCCNC(=O)[C@@H]1CCNC(=O)/C=C/C(=O)N2CCC[C@](Cc3ccccc3)(C2)C(=O)N[C@@H](CCCNC(=O)c2cnccn2)C(=O)NCc2ccccc2CC(=O)N1. The van der Waals surface area contributed by atoms with Gasteiger partial charge in [0, 0.05) is 70.4 Å². The van der Waals surface area contributed by atoms with Crippen LogP contribution in [0.3, 0.4) is 0 Å². The molecular weight excluding hydrogens is 797 g/mol. The number of nitrogens with two attached hydrogens (primary N) is 1. The summed E-state index contributed by atoms with van der Waals surface area (Å²) < 4.78 is 5.35. The molecule has 7 amide bonds. The second-order valence-electron chi connectivity index (χ2n) is 15.2. The summed E-state index contributed by atoms with van der Waals surface area (Å²) in [6, 6.07) is 14.4. The maximum absolute atomic E-state index is 14.7. The molecule has 0 spiro atoms. The summed E-state index contributed by atoms with van der Waals surface area (Å²) in [6.45, 7) is 1.60. The number of nitrogens with one attached hydrogen (secondary N) is 6. The molecule has 0 aliphatic carbocycles. The van der Waals surface area contributed by atoms with Gasteiger partial charge in [0.1, 0.15) is 17.8 Å². The molecule has 2 aliphatic heterocycles. The van der Waals surface area contributed by atoms with Crippen LogP contribution in [0.2, 0.25) is 0 Å². The molecule has 3 aromatic rings. The maximum atomic E-state index is 14.7. The summed E-state index contributed by atoms with van der Waals surface area (Å²) in [5, 5.41) is 16.9. The van der Waals surface area contributed by atoms with E-state index in [9.17, 15) is 33.6 Å². The Morgan fingerprint density at radius 1 is 0.903 bits per heavy atom. The molecule has 1 aromatic heterocycles. The van der Waals surface area contributed by atoms with Crippen molar-refractivity contribution in [1.29, 1.82) is 0 Å². The highest BCUT2D eigenvalue weighted by Crippen LogP contribution is 2.35. The van der Waals surface area contributed by atoms with Gasteiger partial charge in [-0.2, -0.15) is 0 Å². The van der Waals surface area contributed by atoms with Gasteiger partial charge in [-0.05, 0) is 55.2 Å². The van der Waals surface area contributed by atoms with Gasteiger partial charge in [0.2, 0.25) is 35.4 Å². The zero-order chi connectivity index (χ0) is 44.2. The lowest BCUT2D eigenvalue weighted by molar-refractivity contribution is -0.141. The van der Waals surface area contributed by atoms with Crippen LogP contribution >= 0.6 is 0 Å². The fourth-order valence-corrected chi connectivity index (χ4v) is 7.41. The van der Waals surface area contributed by atoms with E-state index in [2.05, 4.69) is 41.9 Å². The van der Waals surface area contributed by atoms with Gasteiger partial charge in [0.05, 0.1) is 31.2 Å². The summed E-state index contributed by atoms with van der Waals surface area (Å²) in [5.74, 6) is -3.34. The predicted octanol–water partition coefficient (Wildman–Crippen LogP) is -0.166. The van der Waals surface area contributed by atoms with Crippen LogP contribution in [-0.4, -0.2) is 121 Å². The smallest absolute Gasteiger partial charge is 0.271 e. The number of piperidine rings is 1. The lowest BCUT2D eigenvalue weighted by Crippen LogP contribution is -2.58. The number of carbonyl (C=O) groups is 7. The second-order valence-corrected chi connectivity index (χ2v) is 15.2. The lowest BCUT2D eigenvalue weighted by atomic mass is 9.74. The average molecular weight is 853 g/mol. The van der Waals surface area contributed by atoms with Crippen LogP contribution in [0.4, 0.5) is 0 Å². The third-order valence-electron chi connectivity index (χ3n) is 10.6. The molecule has 330 valence electrons. The van der Waals surface area contributed by atoms with Crippen molar-refractivity contribution < 1.29 is 38.3 Å². The normalized spacial score (nSPS) is 21.0. The van der Waals surface area contributed by atoms with E-state index in [0.29, 0.717) is 50.1 Å². The van der Waals surface area contributed by atoms with E-state index in [1.807, 2.05) is 30.3 Å². The Bertz CT molecular complexity index is 2040. The number of carbonyl (C=O) groups excluding carboxylic acids is 7. The van der Waals surface area contributed by atoms with Gasteiger partial charge in [-0.15, -0.1) is 0 Å². The highest BCUT2D eigenvalue weighted by Gasteiger charge is 2.44. The molecule has 3 heterocycles. The molecule has 5 rings (SSSR count). The Balaban J connectivity index is 1.41. The van der Waals surface area contributed by atoms with Crippen molar-refractivity contribution in [2.24, 2.45) is 11.1 Å². The first-order valence-electron chi connectivity index (χ1n) is 20.9. The van der Waals surface area contributed by atoms with Gasteiger partial charge < -0.3 is 47.3 Å². The van der Waals surface area contributed by atoms with Gasteiger partial charge in [0.25, 0.3) is 5.91 Å². The molecule has 3 atom stereocenters. The largest absolute Gasteiger partial charge is 0.378 e. The van der Waals surface area contributed by atoms with Crippen LogP contribution in [0.25, 0.3) is 0 Å². The van der Waals surface area contributed by atoms with Gasteiger partial charge in [0.15, 0.2) is 0 Å². The predicted molar refractivity (Wildman–Crippen MR) is 227 cm³/mol. The number of rotatable bonds is 13. The topological polar surface area (TPSA) is 256 Å². The Morgan fingerprint density at radius 2 is 1.69 bits per heavy atom. The van der Waals surface area contributed by atoms with E-state index in [4.69, 9.17) is 10.5 Å². The minimum atomic E-state index is -1.13. The van der Waals surface area contributed by atoms with Crippen LogP contribution in [-0.2, 0) is 52.9 Å². The van der Waals surface area contributed by atoms with E-state index < -0.39 is 58.8 Å². The number of hydrogen-bond donors (Lipinski definition) is 7. The van der Waals surface area contributed by atoms with Gasteiger partial charge in [-0.25, -0.2) is 4.98 Å². The van der Waals surface area contributed by atoms with Crippen molar-refractivity contribution in [3.05, 3.63) is 108 Å². The number of nitrogens with zero attached hydrogens (tertiary/aromatic N) is 3. The van der Waals surface area contributed by atoms with Crippen LogP contribution in [0.5, 0.6) is 0 Å². The monoisotopic (exact) mass is 852 g/mol. The molecule has 0 unspecified atom stereocenters. The Labute approximate surface area is 360 Å². The summed E-state index contributed by atoms with van der Waals surface area (Å²) in [7, 11) is 0. The maximum Gasteiger partial charge on any atom is 0.271 e. The standard InChI is InChI=1S/C44H56N10O8/c45-17-24-62-25-22-50-40(58)35-15-19-48-37(55)13-14-39(57)54-23-7-16-44(30-54,27-31-8-2-1-3-9-31)43(61)53-34(12-6-18-49-42(60)36-29-46-20-21-47-36)41(59)51-28-33-11-5-4-10-32(33)26-38(56)52-35/h1-5,8-11,13-14,20-21,29,34-35H,6-7,12,15-19,22-28,30,45H2,(H,48,55)(H,49,60)(H,50,58)(H,51,59)(H,52,56)(H,53,61)/b14-13+/t34-,35-,44-/m0/s1. The quantitative estimate of drug-likeness (QED) is 0.111. The molecule has 8 N–H and O–H groups in total. The molecule has 18 heteroatoms. The number of aromatic nitrogens is 2. The molecule has 1 saturated heterocycles. The first kappa shape index (κ1) is 46.5. The van der Waals surface area contributed by atoms with Crippen LogP contribution < -0.4 is 37.6 Å². The van der Waals surface area contributed by atoms with E-state index >= 15 is 0 Å². The summed E-state index contributed by atoms with van der Waals surface area (Å²) in [5.41, 5.74) is 6.58. The highest BCUT2D eigenvalue weighted by molar-refractivity contribution is 5.97. The summed E-state index contributed by atoms with van der Waals surface area (Å²) in [4.78, 5) is 104. The fourth-order valence-electron chi connectivity index (χ4n) is 7.41. The summed E-state index contributed by atoms with van der Waals surface area (Å²) >= 11 is 0. The fraction of sp³-hybridized carbons (Fsp3) is 0.432. The molecule has 0 saturated carbocycles. The first-order chi connectivity index (χ1) is 30.1. The second kappa shape index (κ2) is 24.0. The van der Waals surface area contributed by atoms with E-state index in [-0.39, 0.29) is 70.7 Å². The van der Waals surface area contributed by atoms with Crippen molar-refractivity contribution in [3.63, 3.8) is 0 Å². The molecule has 18 nitrogen and oxygen atoms in total. The number of amides is 7. The molecule has 2 aliphatic rings. The van der Waals surface area contributed by atoms with Crippen LogP contribution in [0, 0.1) is 5.41 Å². The zero-order valence-corrected chi connectivity index (χ0v) is 34.7.